The zero-order chi connectivity index (χ0) is 22.3. The smallest absolute Gasteiger partial charge is 0.247 e. The highest BCUT2D eigenvalue weighted by Crippen LogP contribution is 2.56. The zero-order valence-corrected chi connectivity index (χ0v) is 18.7. The minimum atomic E-state index is -0.465. The predicted octanol–water partition coefficient (Wildman–Crippen LogP) is 3.45. The van der Waals surface area contributed by atoms with Crippen molar-refractivity contribution in [3.63, 3.8) is 0 Å². The maximum absolute atomic E-state index is 11.6. The fourth-order valence-electron chi connectivity index (χ4n) is 6.07. The highest BCUT2D eigenvalue weighted by atomic mass is 35.5. The van der Waals surface area contributed by atoms with Crippen LogP contribution in [0.4, 0.5) is 17.5 Å². The molecule has 170 valence electrons. The molecule has 2 unspecified atom stereocenters. The molecule has 4 saturated carbocycles. The number of anilines is 3. The van der Waals surface area contributed by atoms with E-state index in [0.717, 1.165) is 30.5 Å². The minimum Gasteiger partial charge on any atom is -0.390 e. The van der Waals surface area contributed by atoms with Crippen LogP contribution in [0.2, 0.25) is 5.02 Å². The second kappa shape index (κ2) is 8.50. The Labute approximate surface area is 192 Å². The Balaban J connectivity index is 1.26. The number of carbonyl (C=O) groups is 1. The van der Waals surface area contributed by atoms with Crippen LogP contribution in [0, 0.1) is 17.8 Å². The second-order valence-electron chi connectivity index (χ2n) is 9.48. The molecule has 0 spiro atoms. The monoisotopic (exact) mass is 457 g/mol. The first-order valence-corrected chi connectivity index (χ1v) is 11.5. The van der Waals surface area contributed by atoms with Crippen LogP contribution in [0.1, 0.15) is 37.7 Å². The first kappa shape index (κ1) is 21.4. The van der Waals surface area contributed by atoms with Crippen molar-refractivity contribution in [3.05, 3.63) is 41.0 Å². The largest absolute Gasteiger partial charge is 0.390 e. The Morgan fingerprint density at radius 1 is 1.22 bits per heavy atom. The number of halogens is 1. The van der Waals surface area contributed by atoms with Crippen molar-refractivity contribution in [1.29, 1.82) is 0 Å². The lowest BCUT2D eigenvalue weighted by atomic mass is 9.52. The summed E-state index contributed by atoms with van der Waals surface area (Å²) in [6.07, 6.45) is 6.86. The van der Waals surface area contributed by atoms with Crippen LogP contribution < -0.4 is 16.1 Å². The Bertz CT molecular complexity index is 986. The highest BCUT2D eigenvalue weighted by molar-refractivity contribution is 6.32. The van der Waals surface area contributed by atoms with Crippen molar-refractivity contribution >= 4 is 35.0 Å². The molecule has 32 heavy (non-hydrogen) atoms. The van der Waals surface area contributed by atoms with Crippen molar-refractivity contribution in [3.8, 4) is 0 Å². The Hall–Kier alpha value is -2.42. The van der Waals surface area contributed by atoms with Gasteiger partial charge in [-0.15, -0.1) is 0 Å². The average Bonchev–Trinajstić information content (AvgIpc) is 2.73. The van der Waals surface area contributed by atoms with Gasteiger partial charge in [-0.1, -0.05) is 23.7 Å². The van der Waals surface area contributed by atoms with Crippen molar-refractivity contribution in [2.45, 2.75) is 50.2 Å². The summed E-state index contributed by atoms with van der Waals surface area (Å²) < 4.78 is 0. The van der Waals surface area contributed by atoms with Crippen LogP contribution in [0.3, 0.4) is 0 Å². The Morgan fingerprint density at radius 3 is 2.59 bits per heavy atom. The van der Waals surface area contributed by atoms with Gasteiger partial charge in [-0.2, -0.15) is 4.98 Å². The number of nitrogens with one attached hydrogen (secondary N) is 3. The van der Waals surface area contributed by atoms with Crippen LogP contribution >= 0.6 is 11.6 Å². The molecular formula is C23H28ClN5O3. The number of rotatable bonds is 7. The van der Waals surface area contributed by atoms with Gasteiger partial charge in [0.25, 0.3) is 0 Å². The molecule has 1 amide bonds. The maximum atomic E-state index is 11.6. The van der Waals surface area contributed by atoms with E-state index in [9.17, 15) is 9.90 Å². The minimum absolute atomic E-state index is 0.207. The molecule has 1 heterocycles. The third-order valence-electron chi connectivity index (χ3n) is 7.08. The number of carbonyl (C=O) groups excluding carboxylic acids is 1. The first-order chi connectivity index (χ1) is 15.4. The number of amides is 1. The lowest BCUT2D eigenvalue weighted by Crippen LogP contribution is -2.59. The van der Waals surface area contributed by atoms with Crippen LogP contribution in [-0.2, 0) is 16.1 Å². The molecule has 1 aromatic carbocycles. The third kappa shape index (κ3) is 4.40. The number of hydrogen-bond acceptors (Lipinski definition) is 7. The number of benzene rings is 1. The van der Waals surface area contributed by atoms with Gasteiger partial charge in [0.05, 0.1) is 25.3 Å². The van der Waals surface area contributed by atoms with Gasteiger partial charge in [-0.3, -0.25) is 9.63 Å². The molecule has 6 rings (SSSR count). The van der Waals surface area contributed by atoms with E-state index in [1.807, 2.05) is 24.3 Å². The first-order valence-electron chi connectivity index (χ1n) is 11.1. The van der Waals surface area contributed by atoms with E-state index < -0.39 is 5.60 Å². The van der Waals surface area contributed by atoms with Crippen LogP contribution in [0.5, 0.6) is 0 Å². The van der Waals surface area contributed by atoms with E-state index in [0.29, 0.717) is 34.5 Å². The van der Waals surface area contributed by atoms with Gasteiger partial charge in [0, 0.05) is 11.7 Å². The summed E-state index contributed by atoms with van der Waals surface area (Å²) in [5.41, 5.74) is 3.52. The summed E-state index contributed by atoms with van der Waals surface area (Å²) in [4.78, 5) is 25.2. The van der Waals surface area contributed by atoms with E-state index in [1.54, 1.807) is 6.20 Å². The fourth-order valence-corrected chi connectivity index (χ4v) is 6.22. The van der Waals surface area contributed by atoms with E-state index in [2.05, 4.69) is 30.9 Å². The predicted molar refractivity (Wildman–Crippen MR) is 122 cm³/mol. The molecule has 4 aliphatic carbocycles. The summed E-state index contributed by atoms with van der Waals surface area (Å²) in [6, 6.07) is 7.76. The molecule has 4 fully saturated rings. The van der Waals surface area contributed by atoms with E-state index in [4.69, 9.17) is 11.6 Å². The molecule has 0 aliphatic heterocycles. The standard InChI is InChI=1S/C23H28ClN5O3/c1-32-29-19(30)8-13-2-4-17(5-3-13)26-22-25-12-18(24)21(28-22)27-20-15-6-14-7-16(20)11-23(31,9-14)10-15/h2-5,12,14-16,20,31H,6-11H2,1H3,(H,29,30)(H2,25,26,27,28). The molecule has 4 aliphatic rings. The molecule has 9 heteroatoms. The maximum Gasteiger partial charge on any atom is 0.247 e. The van der Waals surface area contributed by atoms with Crippen LogP contribution in [-0.4, -0.2) is 39.7 Å². The van der Waals surface area contributed by atoms with Gasteiger partial charge in [0.15, 0.2) is 5.82 Å². The van der Waals surface area contributed by atoms with Crippen molar-refractivity contribution in [1.82, 2.24) is 15.4 Å². The lowest BCUT2D eigenvalue weighted by molar-refractivity contribution is -0.130. The summed E-state index contributed by atoms with van der Waals surface area (Å²) in [6.45, 7) is 0. The fraction of sp³-hybridized carbons (Fsp3) is 0.522. The molecular weight excluding hydrogens is 430 g/mol. The summed E-state index contributed by atoms with van der Waals surface area (Å²) in [5, 5.41) is 18.1. The van der Waals surface area contributed by atoms with Crippen molar-refractivity contribution in [2.24, 2.45) is 17.8 Å². The van der Waals surface area contributed by atoms with Gasteiger partial charge in [0.2, 0.25) is 11.9 Å². The SMILES string of the molecule is CONC(=O)Cc1ccc(Nc2ncc(Cl)c(NC3C4CC5CC3CC(O)(C5)C4)n2)cc1. The lowest BCUT2D eigenvalue weighted by Gasteiger charge is -2.58. The topological polar surface area (TPSA) is 108 Å². The molecule has 0 radical (unpaired) electrons. The normalized spacial score (nSPS) is 30.2. The number of nitrogens with zero attached hydrogens (tertiary/aromatic N) is 2. The number of hydrogen-bond donors (Lipinski definition) is 4. The summed E-state index contributed by atoms with van der Waals surface area (Å²) >= 11 is 6.42. The summed E-state index contributed by atoms with van der Waals surface area (Å²) in [7, 11) is 1.41. The van der Waals surface area contributed by atoms with Gasteiger partial charge >= 0.3 is 0 Å². The molecule has 0 saturated heterocycles. The Kier molecular flexibility index (Phi) is 5.69. The molecule has 2 aromatic rings. The molecule has 1 aromatic heterocycles. The van der Waals surface area contributed by atoms with Crippen LogP contribution in [0.15, 0.2) is 30.5 Å². The van der Waals surface area contributed by atoms with Crippen LogP contribution in [0.25, 0.3) is 0 Å². The number of hydroxylamine groups is 1. The number of aliphatic hydroxyl groups is 1. The van der Waals surface area contributed by atoms with Crippen molar-refractivity contribution in [2.75, 3.05) is 17.7 Å². The highest BCUT2D eigenvalue weighted by Gasteiger charge is 2.54. The average molecular weight is 458 g/mol. The van der Waals surface area contributed by atoms with E-state index in [-0.39, 0.29) is 18.4 Å². The number of aromatic nitrogens is 2. The van der Waals surface area contributed by atoms with Gasteiger partial charge in [0.1, 0.15) is 5.02 Å². The zero-order valence-electron chi connectivity index (χ0n) is 18.0. The Morgan fingerprint density at radius 2 is 1.94 bits per heavy atom. The quantitative estimate of drug-likeness (QED) is 0.471. The second-order valence-corrected chi connectivity index (χ2v) is 9.89. The van der Waals surface area contributed by atoms with Crippen molar-refractivity contribution < 1.29 is 14.7 Å². The van der Waals surface area contributed by atoms with Gasteiger partial charge in [-0.05, 0) is 67.6 Å². The molecule has 8 nitrogen and oxygen atoms in total. The van der Waals surface area contributed by atoms with E-state index in [1.165, 1.54) is 20.0 Å². The molecule has 4 N–H and O–H groups in total. The van der Waals surface area contributed by atoms with E-state index >= 15 is 0 Å². The summed E-state index contributed by atoms with van der Waals surface area (Å²) in [5.74, 6) is 2.43. The van der Waals surface area contributed by atoms with Gasteiger partial charge < -0.3 is 15.7 Å². The van der Waals surface area contributed by atoms with Gasteiger partial charge in [-0.25, -0.2) is 10.5 Å². The molecule has 4 bridgehead atoms. The molecule has 2 atom stereocenters. The third-order valence-corrected chi connectivity index (χ3v) is 7.36.